The molecule has 2 aliphatic heterocycles. The number of hydrogen-bond donors (Lipinski definition) is 0. The Morgan fingerprint density at radius 2 is 1.60 bits per heavy atom. The number of para-hydroxylation sites is 1. The Morgan fingerprint density at radius 3 is 2.29 bits per heavy atom. The molecule has 8 nitrogen and oxygen atoms in total. The quantitative estimate of drug-likeness (QED) is 0.544. The van der Waals surface area contributed by atoms with Crippen molar-refractivity contribution in [3.05, 3.63) is 66.1 Å². The number of hydrogen-bond acceptors (Lipinski definition) is 7. The summed E-state index contributed by atoms with van der Waals surface area (Å²) in [7, 11) is 0. The first-order valence-corrected chi connectivity index (χ1v) is 12.5. The van der Waals surface area contributed by atoms with Crippen molar-refractivity contribution in [1.82, 2.24) is 24.8 Å². The first kappa shape index (κ1) is 23.5. The molecule has 0 bridgehead atoms. The second-order valence-corrected chi connectivity index (χ2v) is 9.51. The third-order valence-electron chi connectivity index (χ3n) is 7.16. The molecule has 1 aromatic heterocycles. The number of piperazine rings is 2. The lowest BCUT2D eigenvalue weighted by Gasteiger charge is -2.41. The molecule has 1 amide bonds. The van der Waals surface area contributed by atoms with Crippen LogP contribution in [0.4, 0.5) is 5.69 Å². The number of benzene rings is 2. The maximum Gasteiger partial charge on any atom is 0.241 e. The number of anilines is 1. The highest BCUT2D eigenvalue weighted by atomic mass is 16.5. The number of aryl methyl sites for hydroxylation is 1. The van der Waals surface area contributed by atoms with Gasteiger partial charge in [-0.1, -0.05) is 53.2 Å². The summed E-state index contributed by atoms with van der Waals surface area (Å²) in [4.78, 5) is 26.8. The van der Waals surface area contributed by atoms with Gasteiger partial charge in [-0.3, -0.25) is 14.6 Å². The van der Waals surface area contributed by atoms with E-state index in [1.165, 1.54) is 11.3 Å². The standard InChI is InChI=1S/C27H34N6O2/c1-21-8-10-23(11-9-21)26-28-25(35-29-26)20-30-12-14-31(15-13-30)22(2)27(34)33-18-16-32(17-19-33)24-6-4-3-5-7-24/h3-11,22H,12-20H2,1-2H3. The molecular weight excluding hydrogens is 440 g/mol. The molecule has 5 rings (SSSR count). The summed E-state index contributed by atoms with van der Waals surface area (Å²) in [5.41, 5.74) is 3.40. The monoisotopic (exact) mass is 474 g/mol. The lowest BCUT2D eigenvalue weighted by Crippen LogP contribution is -2.57. The lowest BCUT2D eigenvalue weighted by atomic mass is 10.1. The minimum absolute atomic E-state index is 0.100. The molecule has 0 spiro atoms. The van der Waals surface area contributed by atoms with Crippen molar-refractivity contribution in [3.8, 4) is 11.4 Å². The zero-order chi connectivity index (χ0) is 24.2. The van der Waals surface area contributed by atoms with Crippen LogP contribution < -0.4 is 4.90 Å². The van der Waals surface area contributed by atoms with Gasteiger partial charge in [0.25, 0.3) is 0 Å². The summed E-state index contributed by atoms with van der Waals surface area (Å²) in [6.07, 6.45) is 0. The van der Waals surface area contributed by atoms with Crippen LogP contribution in [0.1, 0.15) is 18.4 Å². The van der Waals surface area contributed by atoms with E-state index in [9.17, 15) is 4.79 Å². The number of rotatable bonds is 6. The molecular formula is C27H34N6O2. The molecule has 2 saturated heterocycles. The highest BCUT2D eigenvalue weighted by Gasteiger charge is 2.31. The Balaban J connectivity index is 1.08. The summed E-state index contributed by atoms with van der Waals surface area (Å²) in [6.45, 7) is 11.5. The van der Waals surface area contributed by atoms with E-state index in [1.54, 1.807) is 0 Å². The molecule has 8 heteroatoms. The highest BCUT2D eigenvalue weighted by molar-refractivity contribution is 5.81. The van der Waals surface area contributed by atoms with Crippen molar-refractivity contribution in [3.63, 3.8) is 0 Å². The van der Waals surface area contributed by atoms with Crippen LogP contribution in [0.3, 0.4) is 0 Å². The van der Waals surface area contributed by atoms with E-state index in [2.05, 4.69) is 68.2 Å². The number of amides is 1. The fraction of sp³-hybridized carbons (Fsp3) is 0.444. The largest absolute Gasteiger partial charge is 0.368 e. The van der Waals surface area contributed by atoms with Crippen LogP contribution in [-0.2, 0) is 11.3 Å². The first-order chi connectivity index (χ1) is 17.1. The van der Waals surface area contributed by atoms with Gasteiger partial charge in [-0.15, -0.1) is 0 Å². The van der Waals surface area contributed by atoms with E-state index in [0.29, 0.717) is 18.3 Å². The van der Waals surface area contributed by atoms with Gasteiger partial charge in [0.2, 0.25) is 17.6 Å². The van der Waals surface area contributed by atoms with Crippen LogP contribution in [0.15, 0.2) is 59.1 Å². The molecule has 0 saturated carbocycles. The Morgan fingerprint density at radius 1 is 0.914 bits per heavy atom. The van der Waals surface area contributed by atoms with Gasteiger partial charge in [-0.25, -0.2) is 0 Å². The zero-order valence-corrected chi connectivity index (χ0v) is 20.6. The van der Waals surface area contributed by atoms with Gasteiger partial charge in [-0.05, 0) is 26.0 Å². The van der Waals surface area contributed by atoms with E-state index in [1.807, 2.05) is 30.0 Å². The van der Waals surface area contributed by atoms with Crippen LogP contribution in [-0.4, -0.2) is 89.1 Å². The van der Waals surface area contributed by atoms with E-state index < -0.39 is 0 Å². The van der Waals surface area contributed by atoms with Crippen molar-refractivity contribution in [2.75, 3.05) is 57.3 Å². The summed E-state index contributed by atoms with van der Waals surface area (Å²) in [5.74, 6) is 1.51. The third-order valence-corrected chi connectivity index (χ3v) is 7.16. The Bertz CT molecular complexity index is 1100. The molecule has 1 atom stereocenters. The molecule has 3 heterocycles. The van der Waals surface area contributed by atoms with Gasteiger partial charge >= 0.3 is 0 Å². The fourth-order valence-corrected chi connectivity index (χ4v) is 4.88. The molecule has 2 aromatic carbocycles. The Kier molecular flexibility index (Phi) is 7.11. The lowest BCUT2D eigenvalue weighted by molar-refractivity contribution is -0.137. The van der Waals surface area contributed by atoms with E-state index in [4.69, 9.17) is 4.52 Å². The van der Waals surface area contributed by atoms with Gasteiger partial charge in [0, 0.05) is 63.6 Å². The molecule has 0 N–H and O–H groups in total. The number of carbonyl (C=O) groups is 1. The van der Waals surface area contributed by atoms with Gasteiger partial charge in [-0.2, -0.15) is 4.98 Å². The average molecular weight is 475 g/mol. The summed E-state index contributed by atoms with van der Waals surface area (Å²) in [6, 6.07) is 18.5. The smallest absolute Gasteiger partial charge is 0.241 e. The van der Waals surface area contributed by atoms with Gasteiger partial charge < -0.3 is 14.3 Å². The van der Waals surface area contributed by atoms with Crippen LogP contribution >= 0.6 is 0 Å². The molecule has 184 valence electrons. The van der Waals surface area contributed by atoms with Crippen molar-refractivity contribution in [2.45, 2.75) is 26.4 Å². The minimum atomic E-state index is -0.100. The molecule has 3 aromatic rings. The molecule has 2 aliphatic rings. The predicted octanol–water partition coefficient (Wildman–Crippen LogP) is 2.90. The number of carbonyl (C=O) groups excluding carboxylic acids is 1. The summed E-state index contributed by atoms with van der Waals surface area (Å²) in [5, 5.41) is 4.15. The van der Waals surface area contributed by atoms with E-state index >= 15 is 0 Å². The van der Waals surface area contributed by atoms with E-state index in [-0.39, 0.29) is 11.9 Å². The molecule has 2 fully saturated rings. The topological polar surface area (TPSA) is 69.0 Å². The summed E-state index contributed by atoms with van der Waals surface area (Å²) < 4.78 is 5.50. The second-order valence-electron chi connectivity index (χ2n) is 9.51. The van der Waals surface area contributed by atoms with Crippen LogP contribution in [0.5, 0.6) is 0 Å². The fourth-order valence-electron chi connectivity index (χ4n) is 4.88. The van der Waals surface area contributed by atoms with Crippen LogP contribution in [0.2, 0.25) is 0 Å². The third kappa shape index (κ3) is 5.55. The molecule has 35 heavy (non-hydrogen) atoms. The summed E-state index contributed by atoms with van der Waals surface area (Å²) >= 11 is 0. The molecule has 1 unspecified atom stereocenters. The zero-order valence-electron chi connectivity index (χ0n) is 20.6. The van der Waals surface area contributed by atoms with Gasteiger partial charge in [0.1, 0.15) is 0 Å². The van der Waals surface area contributed by atoms with Crippen molar-refractivity contribution in [1.29, 1.82) is 0 Å². The molecule has 0 radical (unpaired) electrons. The van der Waals surface area contributed by atoms with E-state index in [0.717, 1.165) is 57.9 Å². The maximum atomic E-state index is 13.2. The van der Waals surface area contributed by atoms with Crippen molar-refractivity contribution in [2.24, 2.45) is 0 Å². The predicted molar refractivity (Wildman–Crippen MR) is 136 cm³/mol. The van der Waals surface area contributed by atoms with Crippen molar-refractivity contribution < 1.29 is 9.32 Å². The van der Waals surface area contributed by atoms with Crippen molar-refractivity contribution >= 4 is 11.6 Å². The first-order valence-electron chi connectivity index (χ1n) is 12.5. The maximum absolute atomic E-state index is 13.2. The second kappa shape index (κ2) is 10.6. The Hall–Kier alpha value is -3.23. The van der Waals surface area contributed by atoms with Crippen LogP contribution in [0, 0.1) is 6.92 Å². The highest BCUT2D eigenvalue weighted by Crippen LogP contribution is 2.19. The number of aromatic nitrogens is 2. The minimum Gasteiger partial charge on any atom is -0.368 e. The normalized spacial score (nSPS) is 18.6. The number of nitrogens with zero attached hydrogens (tertiary/aromatic N) is 6. The SMILES string of the molecule is Cc1ccc(-c2noc(CN3CCN(C(C)C(=O)N4CCN(c5ccccc5)CC4)CC3)n2)cc1. The van der Waals surface area contributed by atoms with Crippen LogP contribution in [0.25, 0.3) is 11.4 Å². The Labute approximate surface area is 207 Å². The van der Waals surface area contributed by atoms with Gasteiger partial charge in [0.05, 0.1) is 12.6 Å². The average Bonchev–Trinajstić information content (AvgIpc) is 3.38. The molecule has 0 aliphatic carbocycles. The van der Waals surface area contributed by atoms with Gasteiger partial charge in [0.15, 0.2) is 0 Å².